The Hall–Kier alpha value is -3.55. The molecule has 8 nitrogen and oxygen atoms in total. The molecular weight excluding hydrogens is 358 g/mol. The van der Waals surface area contributed by atoms with Gasteiger partial charge in [-0.1, -0.05) is 30.3 Å². The van der Waals surface area contributed by atoms with Crippen LogP contribution in [0.15, 0.2) is 48.7 Å². The predicted octanol–water partition coefficient (Wildman–Crippen LogP) is 3.28. The lowest BCUT2D eigenvalue weighted by Crippen LogP contribution is -2.19. The molecule has 0 aliphatic rings. The Labute approximate surface area is 164 Å². The van der Waals surface area contributed by atoms with E-state index in [0.29, 0.717) is 35.6 Å². The van der Waals surface area contributed by atoms with E-state index >= 15 is 0 Å². The standard InChI is InChI=1S/C20H23N5O3/c1-25(13-14-8-6-5-7-9-14)20-23-18(12-21-24-20)22-15-10-16(26-2)19(28-4)17(11-15)27-3/h5-12H,13H2,1-4H3,(H,22,23,24). The number of nitrogens with zero attached hydrogens (tertiary/aromatic N) is 4. The molecule has 28 heavy (non-hydrogen) atoms. The first kappa shape index (κ1) is 19.2. The second-order valence-corrected chi connectivity index (χ2v) is 6.02. The fraction of sp³-hybridized carbons (Fsp3) is 0.250. The normalized spacial score (nSPS) is 10.3. The van der Waals surface area contributed by atoms with Gasteiger partial charge in [0, 0.05) is 31.4 Å². The summed E-state index contributed by atoms with van der Waals surface area (Å²) in [5.41, 5.74) is 1.89. The van der Waals surface area contributed by atoms with E-state index in [0.717, 1.165) is 11.3 Å². The van der Waals surface area contributed by atoms with Crippen LogP contribution in [0, 0.1) is 0 Å². The van der Waals surface area contributed by atoms with E-state index < -0.39 is 0 Å². The van der Waals surface area contributed by atoms with E-state index in [1.165, 1.54) is 0 Å². The van der Waals surface area contributed by atoms with Crippen LogP contribution in [0.25, 0.3) is 0 Å². The number of nitrogens with one attached hydrogen (secondary N) is 1. The summed E-state index contributed by atoms with van der Waals surface area (Å²) in [7, 11) is 6.64. The highest BCUT2D eigenvalue weighted by Crippen LogP contribution is 2.40. The first-order valence-corrected chi connectivity index (χ1v) is 8.66. The van der Waals surface area contributed by atoms with Crippen LogP contribution in [0.3, 0.4) is 0 Å². The number of benzene rings is 2. The minimum Gasteiger partial charge on any atom is -0.493 e. The van der Waals surface area contributed by atoms with Crippen molar-refractivity contribution >= 4 is 17.5 Å². The SMILES string of the molecule is COc1cc(Nc2cnnc(N(C)Cc3ccccc3)n2)cc(OC)c1OC. The fourth-order valence-electron chi connectivity index (χ4n) is 2.75. The van der Waals surface area contributed by atoms with Gasteiger partial charge in [-0.25, -0.2) is 0 Å². The first-order valence-electron chi connectivity index (χ1n) is 8.66. The molecular formula is C20H23N5O3. The maximum Gasteiger partial charge on any atom is 0.247 e. The van der Waals surface area contributed by atoms with Crippen LogP contribution in [0.4, 0.5) is 17.5 Å². The molecule has 0 amide bonds. The Morgan fingerprint density at radius 3 is 2.25 bits per heavy atom. The van der Waals surface area contributed by atoms with Gasteiger partial charge in [0.05, 0.1) is 27.5 Å². The molecule has 1 N–H and O–H groups in total. The molecule has 0 atom stereocenters. The lowest BCUT2D eigenvalue weighted by molar-refractivity contribution is 0.324. The minimum atomic E-state index is 0.515. The Bertz CT molecular complexity index is 896. The van der Waals surface area contributed by atoms with Crippen molar-refractivity contribution in [2.24, 2.45) is 0 Å². The van der Waals surface area contributed by atoms with Crippen LogP contribution in [-0.2, 0) is 6.54 Å². The summed E-state index contributed by atoms with van der Waals surface area (Å²) in [6.45, 7) is 0.677. The van der Waals surface area contributed by atoms with E-state index in [2.05, 4.69) is 32.6 Å². The van der Waals surface area contributed by atoms with Gasteiger partial charge in [0.15, 0.2) is 17.3 Å². The number of rotatable bonds is 8. The lowest BCUT2D eigenvalue weighted by atomic mass is 10.2. The van der Waals surface area contributed by atoms with Gasteiger partial charge < -0.3 is 24.4 Å². The molecule has 0 aliphatic heterocycles. The monoisotopic (exact) mass is 381 g/mol. The van der Waals surface area contributed by atoms with E-state index in [-0.39, 0.29) is 0 Å². The maximum absolute atomic E-state index is 5.38. The quantitative estimate of drug-likeness (QED) is 0.637. The zero-order valence-electron chi connectivity index (χ0n) is 16.3. The zero-order chi connectivity index (χ0) is 19.9. The van der Waals surface area contributed by atoms with E-state index in [1.807, 2.05) is 30.1 Å². The molecule has 0 saturated heterocycles. The Morgan fingerprint density at radius 1 is 0.964 bits per heavy atom. The fourth-order valence-corrected chi connectivity index (χ4v) is 2.75. The van der Waals surface area contributed by atoms with Crippen molar-refractivity contribution in [3.05, 3.63) is 54.2 Å². The van der Waals surface area contributed by atoms with Gasteiger partial charge in [-0.3, -0.25) is 0 Å². The molecule has 0 spiro atoms. The summed E-state index contributed by atoms with van der Waals surface area (Å²) >= 11 is 0. The van der Waals surface area contributed by atoms with Crippen molar-refractivity contribution in [1.82, 2.24) is 15.2 Å². The molecule has 0 radical (unpaired) electrons. The third-order valence-electron chi connectivity index (χ3n) is 4.09. The van der Waals surface area contributed by atoms with Crippen molar-refractivity contribution in [2.45, 2.75) is 6.54 Å². The molecule has 146 valence electrons. The highest BCUT2D eigenvalue weighted by molar-refractivity contribution is 5.66. The number of anilines is 3. The topological polar surface area (TPSA) is 81.6 Å². The predicted molar refractivity (Wildman–Crippen MR) is 108 cm³/mol. The Balaban J connectivity index is 1.81. The van der Waals surface area contributed by atoms with Gasteiger partial charge in [0.1, 0.15) is 0 Å². The molecule has 3 aromatic rings. The molecule has 0 fully saturated rings. The van der Waals surface area contributed by atoms with Gasteiger partial charge in [0.2, 0.25) is 11.7 Å². The summed E-state index contributed by atoms with van der Waals surface area (Å²) in [5.74, 6) is 2.70. The van der Waals surface area contributed by atoms with E-state index in [9.17, 15) is 0 Å². The molecule has 2 aromatic carbocycles. The van der Waals surface area contributed by atoms with Gasteiger partial charge in [-0.15, -0.1) is 5.10 Å². The molecule has 1 aromatic heterocycles. The highest BCUT2D eigenvalue weighted by Gasteiger charge is 2.14. The summed E-state index contributed by atoms with van der Waals surface area (Å²) in [4.78, 5) is 6.48. The van der Waals surface area contributed by atoms with Crippen LogP contribution in [-0.4, -0.2) is 43.6 Å². The summed E-state index contributed by atoms with van der Waals surface area (Å²) in [5, 5.41) is 11.4. The third kappa shape index (κ3) is 4.40. The number of hydrogen-bond acceptors (Lipinski definition) is 8. The van der Waals surface area contributed by atoms with Gasteiger partial charge in [-0.05, 0) is 5.56 Å². The summed E-state index contributed by atoms with van der Waals surface area (Å²) < 4.78 is 16.1. The molecule has 0 unspecified atom stereocenters. The van der Waals surface area contributed by atoms with Crippen LogP contribution in [0.2, 0.25) is 0 Å². The van der Waals surface area contributed by atoms with Crippen molar-refractivity contribution in [3.63, 3.8) is 0 Å². The van der Waals surface area contributed by atoms with Crippen molar-refractivity contribution in [1.29, 1.82) is 0 Å². The van der Waals surface area contributed by atoms with Crippen LogP contribution in [0.1, 0.15) is 5.56 Å². The molecule has 8 heteroatoms. The van der Waals surface area contributed by atoms with Gasteiger partial charge >= 0.3 is 0 Å². The third-order valence-corrected chi connectivity index (χ3v) is 4.09. The molecule has 1 heterocycles. The minimum absolute atomic E-state index is 0.515. The second-order valence-electron chi connectivity index (χ2n) is 6.02. The van der Waals surface area contributed by atoms with Gasteiger partial charge in [0.25, 0.3) is 0 Å². The van der Waals surface area contributed by atoms with E-state index in [1.54, 1.807) is 39.7 Å². The van der Waals surface area contributed by atoms with Crippen LogP contribution < -0.4 is 24.4 Å². The smallest absolute Gasteiger partial charge is 0.247 e. The second kappa shape index (κ2) is 8.90. The number of hydrogen-bond donors (Lipinski definition) is 1. The molecule has 0 bridgehead atoms. The average molecular weight is 381 g/mol. The van der Waals surface area contributed by atoms with Crippen LogP contribution in [0.5, 0.6) is 17.2 Å². The highest BCUT2D eigenvalue weighted by atomic mass is 16.5. The number of aromatic nitrogens is 3. The average Bonchev–Trinajstić information content (AvgIpc) is 2.73. The van der Waals surface area contributed by atoms with Crippen LogP contribution >= 0.6 is 0 Å². The van der Waals surface area contributed by atoms with Crippen molar-refractivity contribution < 1.29 is 14.2 Å². The Kier molecular flexibility index (Phi) is 6.11. The van der Waals surface area contributed by atoms with Gasteiger partial charge in [-0.2, -0.15) is 10.1 Å². The zero-order valence-corrected chi connectivity index (χ0v) is 16.3. The largest absolute Gasteiger partial charge is 0.493 e. The van der Waals surface area contributed by atoms with E-state index in [4.69, 9.17) is 14.2 Å². The first-order chi connectivity index (χ1) is 13.6. The summed E-state index contributed by atoms with van der Waals surface area (Å²) in [6.07, 6.45) is 1.56. The number of ether oxygens (including phenoxy) is 3. The summed E-state index contributed by atoms with van der Waals surface area (Å²) in [6, 6.07) is 13.7. The Morgan fingerprint density at radius 2 is 1.64 bits per heavy atom. The maximum atomic E-state index is 5.38. The molecule has 0 aliphatic carbocycles. The molecule has 3 rings (SSSR count). The number of methoxy groups -OCH3 is 3. The van der Waals surface area contributed by atoms with Crippen molar-refractivity contribution in [3.8, 4) is 17.2 Å². The molecule has 0 saturated carbocycles. The van der Waals surface area contributed by atoms with Crippen molar-refractivity contribution in [2.75, 3.05) is 38.6 Å². The lowest BCUT2D eigenvalue weighted by Gasteiger charge is -2.18.